The fourth-order valence-corrected chi connectivity index (χ4v) is 3.47. The van der Waals surface area contributed by atoms with Crippen molar-refractivity contribution in [1.82, 2.24) is 14.8 Å². The summed E-state index contributed by atoms with van der Waals surface area (Å²) in [5, 5.41) is 7.56. The van der Waals surface area contributed by atoms with Gasteiger partial charge in [-0.3, -0.25) is 4.79 Å². The Labute approximate surface area is 182 Å². The highest BCUT2D eigenvalue weighted by molar-refractivity contribution is 6.02. The largest absolute Gasteiger partial charge is 0.319 e. The number of hydrogen-bond acceptors (Lipinski definition) is 3. The molecule has 0 aliphatic rings. The van der Waals surface area contributed by atoms with Gasteiger partial charge in [-0.05, 0) is 81.1 Å². The van der Waals surface area contributed by atoms with Crippen molar-refractivity contribution < 1.29 is 4.79 Å². The average Bonchev–Trinajstić information content (AvgIpc) is 3.18. The maximum absolute atomic E-state index is 13.0. The van der Waals surface area contributed by atoms with Gasteiger partial charge in [0.05, 0.1) is 5.69 Å². The highest BCUT2D eigenvalue weighted by Crippen LogP contribution is 2.24. The van der Waals surface area contributed by atoms with Crippen LogP contribution in [0.1, 0.15) is 38.4 Å². The number of aromatic nitrogens is 3. The summed E-state index contributed by atoms with van der Waals surface area (Å²) in [5.41, 5.74) is 8.10. The topological polar surface area (TPSA) is 59.8 Å². The molecule has 4 aromatic rings. The van der Waals surface area contributed by atoms with Crippen LogP contribution in [0.4, 0.5) is 5.69 Å². The van der Waals surface area contributed by atoms with E-state index in [1.54, 1.807) is 4.68 Å². The zero-order valence-corrected chi connectivity index (χ0v) is 18.5. The van der Waals surface area contributed by atoms with Crippen molar-refractivity contribution in [3.05, 3.63) is 94.3 Å². The lowest BCUT2D eigenvalue weighted by Gasteiger charge is -2.09. The van der Waals surface area contributed by atoms with Gasteiger partial charge in [-0.15, -0.1) is 5.10 Å². The number of benzene rings is 3. The van der Waals surface area contributed by atoms with Crippen LogP contribution in [0.25, 0.3) is 17.1 Å². The van der Waals surface area contributed by atoms with Crippen LogP contribution >= 0.6 is 0 Å². The standard InChI is InChI=1S/C26H26N4O/c1-16-7-6-8-21(13-16)25-28-24(26(31)27-23-14-17(2)9-10-19(23)4)29-30(25)22-12-11-18(3)20(5)15-22/h6-15H,1-5H3,(H,27,31). The molecule has 0 spiro atoms. The summed E-state index contributed by atoms with van der Waals surface area (Å²) in [5.74, 6) is 0.443. The Kier molecular flexibility index (Phi) is 5.42. The van der Waals surface area contributed by atoms with Crippen molar-refractivity contribution in [3.63, 3.8) is 0 Å². The van der Waals surface area contributed by atoms with E-state index in [0.717, 1.165) is 39.2 Å². The minimum absolute atomic E-state index is 0.135. The van der Waals surface area contributed by atoms with Crippen molar-refractivity contribution in [2.24, 2.45) is 0 Å². The summed E-state index contributed by atoms with van der Waals surface area (Å²) in [6, 6.07) is 20.1. The van der Waals surface area contributed by atoms with Crippen LogP contribution < -0.4 is 5.32 Å². The van der Waals surface area contributed by atoms with Gasteiger partial charge in [-0.1, -0.05) is 42.0 Å². The number of amides is 1. The number of aryl methyl sites for hydroxylation is 5. The van der Waals surface area contributed by atoms with Crippen molar-refractivity contribution >= 4 is 11.6 Å². The maximum atomic E-state index is 13.0. The van der Waals surface area contributed by atoms with Crippen molar-refractivity contribution in [3.8, 4) is 17.1 Å². The van der Waals surface area contributed by atoms with Gasteiger partial charge in [0.15, 0.2) is 5.82 Å². The summed E-state index contributed by atoms with van der Waals surface area (Å²) >= 11 is 0. The number of anilines is 1. The number of hydrogen-bond donors (Lipinski definition) is 1. The maximum Gasteiger partial charge on any atom is 0.295 e. The molecule has 0 aliphatic carbocycles. The van der Waals surface area contributed by atoms with Gasteiger partial charge >= 0.3 is 0 Å². The molecule has 3 aromatic carbocycles. The SMILES string of the molecule is Cc1cccc(-c2nc(C(=O)Nc3cc(C)ccc3C)nn2-c2ccc(C)c(C)c2)c1. The fraction of sp³-hybridized carbons (Fsp3) is 0.192. The van der Waals surface area contributed by atoms with Gasteiger partial charge in [0.25, 0.3) is 5.91 Å². The molecule has 1 amide bonds. The van der Waals surface area contributed by atoms with Gasteiger partial charge in [-0.2, -0.15) is 0 Å². The quantitative estimate of drug-likeness (QED) is 0.467. The van der Waals surface area contributed by atoms with Gasteiger partial charge in [0, 0.05) is 11.3 Å². The van der Waals surface area contributed by atoms with Gasteiger partial charge in [-0.25, -0.2) is 9.67 Å². The van der Waals surface area contributed by atoms with Crippen LogP contribution in [0.5, 0.6) is 0 Å². The molecule has 1 N–H and O–H groups in total. The van der Waals surface area contributed by atoms with E-state index >= 15 is 0 Å². The zero-order valence-electron chi connectivity index (χ0n) is 18.5. The Morgan fingerprint density at radius 1 is 0.806 bits per heavy atom. The van der Waals surface area contributed by atoms with Gasteiger partial charge in [0.1, 0.15) is 0 Å². The molecule has 156 valence electrons. The molecule has 1 aromatic heterocycles. The van der Waals surface area contributed by atoms with Crippen molar-refractivity contribution in [2.75, 3.05) is 5.32 Å². The number of carbonyl (C=O) groups is 1. The first-order valence-electron chi connectivity index (χ1n) is 10.3. The third-order valence-corrected chi connectivity index (χ3v) is 5.46. The van der Waals surface area contributed by atoms with Gasteiger partial charge in [0.2, 0.25) is 5.82 Å². The van der Waals surface area contributed by atoms with Crippen LogP contribution in [0, 0.1) is 34.6 Å². The van der Waals surface area contributed by atoms with Crippen LogP contribution in [0.2, 0.25) is 0 Å². The normalized spacial score (nSPS) is 10.9. The summed E-state index contributed by atoms with van der Waals surface area (Å²) in [7, 11) is 0. The first kappa shape index (κ1) is 20.5. The highest BCUT2D eigenvalue weighted by Gasteiger charge is 2.20. The van der Waals surface area contributed by atoms with E-state index in [-0.39, 0.29) is 11.7 Å². The summed E-state index contributed by atoms with van der Waals surface area (Å²) in [4.78, 5) is 17.7. The first-order valence-corrected chi connectivity index (χ1v) is 10.3. The first-order chi connectivity index (χ1) is 14.8. The number of nitrogens with zero attached hydrogens (tertiary/aromatic N) is 3. The molecule has 0 fully saturated rings. The van der Waals surface area contributed by atoms with Crippen LogP contribution in [0.15, 0.2) is 60.7 Å². The van der Waals surface area contributed by atoms with E-state index in [2.05, 4.69) is 41.4 Å². The second-order valence-corrected chi connectivity index (χ2v) is 8.08. The van der Waals surface area contributed by atoms with E-state index in [0.29, 0.717) is 5.82 Å². The Morgan fingerprint density at radius 3 is 2.29 bits per heavy atom. The zero-order chi connectivity index (χ0) is 22.1. The van der Waals surface area contributed by atoms with Crippen LogP contribution in [-0.2, 0) is 0 Å². The molecule has 0 aliphatic heterocycles. The molecule has 31 heavy (non-hydrogen) atoms. The summed E-state index contributed by atoms with van der Waals surface area (Å²) in [6.07, 6.45) is 0. The lowest BCUT2D eigenvalue weighted by atomic mass is 10.1. The van der Waals surface area contributed by atoms with E-state index in [1.807, 2.05) is 69.3 Å². The van der Waals surface area contributed by atoms with E-state index in [4.69, 9.17) is 0 Å². The summed E-state index contributed by atoms with van der Waals surface area (Å²) in [6.45, 7) is 10.1. The van der Waals surface area contributed by atoms with E-state index in [1.165, 1.54) is 5.56 Å². The third-order valence-electron chi connectivity index (χ3n) is 5.46. The van der Waals surface area contributed by atoms with E-state index in [9.17, 15) is 4.79 Å². The molecule has 5 heteroatoms. The predicted molar refractivity (Wildman–Crippen MR) is 125 cm³/mol. The predicted octanol–water partition coefficient (Wildman–Crippen LogP) is 5.73. The molecule has 0 saturated carbocycles. The molecule has 0 bridgehead atoms. The van der Waals surface area contributed by atoms with Crippen LogP contribution in [0.3, 0.4) is 0 Å². The second kappa shape index (κ2) is 8.19. The average molecular weight is 411 g/mol. The van der Waals surface area contributed by atoms with Crippen molar-refractivity contribution in [2.45, 2.75) is 34.6 Å². The molecular weight excluding hydrogens is 384 g/mol. The monoisotopic (exact) mass is 410 g/mol. The highest BCUT2D eigenvalue weighted by atomic mass is 16.2. The second-order valence-electron chi connectivity index (χ2n) is 8.08. The van der Waals surface area contributed by atoms with Crippen LogP contribution in [-0.4, -0.2) is 20.7 Å². The molecule has 1 heterocycles. The molecule has 0 saturated heterocycles. The minimum atomic E-state index is -0.329. The summed E-state index contributed by atoms with van der Waals surface area (Å²) < 4.78 is 1.75. The lowest BCUT2D eigenvalue weighted by Crippen LogP contribution is -2.15. The molecular formula is C26H26N4O. The minimum Gasteiger partial charge on any atom is -0.319 e. The number of nitrogens with one attached hydrogen (secondary N) is 1. The molecule has 4 rings (SSSR count). The molecule has 0 unspecified atom stereocenters. The molecule has 0 atom stereocenters. The van der Waals surface area contributed by atoms with Crippen molar-refractivity contribution in [1.29, 1.82) is 0 Å². The Balaban J connectivity index is 1.80. The number of rotatable bonds is 4. The molecule has 0 radical (unpaired) electrons. The number of carbonyl (C=O) groups excluding carboxylic acids is 1. The fourth-order valence-electron chi connectivity index (χ4n) is 3.47. The Bertz CT molecular complexity index is 1290. The third kappa shape index (κ3) is 4.26. The lowest BCUT2D eigenvalue weighted by molar-refractivity contribution is 0.101. The Hall–Kier alpha value is -3.73. The Morgan fingerprint density at radius 2 is 1.55 bits per heavy atom. The smallest absolute Gasteiger partial charge is 0.295 e. The van der Waals surface area contributed by atoms with E-state index < -0.39 is 0 Å². The molecule has 5 nitrogen and oxygen atoms in total. The van der Waals surface area contributed by atoms with Gasteiger partial charge < -0.3 is 5.32 Å².